The van der Waals surface area contributed by atoms with Crippen LogP contribution in [0.1, 0.15) is 21.9 Å². The topological polar surface area (TPSA) is 58.4 Å². The standard InChI is InChI=1S/C14H17N3O2/c1-10-16-12(9-19-10)8-15-14(18)11-4-6-13(7-5-11)17(2)3/h4-7,9H,8H2,1-3H3,(H,15,18). The predicted octanol–water partition coefficient (Wildman–Crippen LogP) is 1.98. The second kappa shape index (κ2) is 5.56. The highest BCUT2D eigenvalue weighted by Gasteiger charge is 2.07. The van der Waals surface area contributed by atoms with Gasteiger partial charge in [0.15, 0.2) is 5.89 Å². The molecule has 0 saturated carbocycles. The van der Waals surface area contributed by atoms with E-state index in [2.05, 4.69) is 10.3 Å². The van der Waals surface area contributed by atoms with Crippen molar-refractivity contribution in [3.8, 4) is 0 Å². The van der Waals surface area contributed by atoms with Gasteiger partial charge >= 0.3 is 0 Å². The van der Waals surface area contributed by atoms with Crippen LogP contribution in [0.3, 0.4) is 0 Å². The Kier molecular flexibility index (Phi) is 3.85. The number of hydrogen-bond acceptors (Lipinski definition) is 4. The van der Waals surface area contributed by atoms with Gasteiger partial charge in [-0.25, -0.2) is 4.98 Å². The van der Waals surface area contributed by atoms with Crippen LogP contribution in [-0.4, -0.2) is 25.0 Å². The largest absolute Gasteiger partial charge is 0.449 e. The van der Waals surface area contributed by atoms with Crippen molar-refractivity contribution in [1.29, 1.82) is 0 Å². The smallest absolute Gasteiger partial charge is 0.251 e. The molecule has 0 bridgehead atoms. The molecule has 1 N–H and O–H groups in total. The summed E-state index contributed by atoms with van der Waals surface area (Å²) >= 11 is 0. The van der Waals surface area contributed by atoms with Gasteiger partial charge in [-0.15, -0.1) is 0 Å². The third-order valence-electron chi connectivity index (χ3n) is 2.74. The number of amides is 1. The average molecular weight is 259 g/mol. The van der Waals surface area contributed by atoms with Gasteiger partial charge < -0.3 is 14.6 Å². The van der Waals surface area contributed by atoms with Crippen molar-refractivity contribution in [3.05, 3.63) is 47.7 Å². The molecule has 2 aromatic rings. The second-order valence-corrected chi connectivity index (χ2v) is 4.48. The molecule has 1 aromatic heterocycles. The third-order valence-corrected chi connectivity index (χ3v) is 2.74. The van der Waals surface area contributed by atoms with Crippen molar-refractivity contribution in [1.82, 2.24) is 10.3 Å². The number of carbonyl (C=O) groups excluding carboxylic acids is 1. The summed E-state index contributed by atoms with van der Waals surface area (Å²) in [5.74, 6) is 0.477. The fourth-order valence-electron chi connectivity index (χ4n) is 1.67. The van der Waals surface area contributed by atoms with Crippen LogP contribution in [0.2, 0.25) is 0 Å². The van der Waals surface area contributed by atoms with Crippen molar-refractivity contribution in [2.24, 2.45) is 0 Å². The van der Waals surface area contributed by atoms with Crippen molar-refractivity contribution < 1.29 is 9.21 Å². The first-order chi connectivity index (χ1) is 9.06. The maximum Gasteiger partial charge on any atom is 0.251 e. The second-order valence-electron chi connectivity index (χ2n) is 4.48. The van der Waals surface area contributed by atoms with E-state index in [9.17, 15) is 4.79 Å². The number of hydrogen-bond donors (Lipinski definition) is 1. The molecule has 1 aromatic carbocycles. The van der Waals surface area contributed by atoms with Gasteiger partial charge in [-0.1, -0.05) is 0 Å². The highest BCUT2D eigenvalue weighted by Crippen LogP contribution is 2.12. The van der Waals surface area contributed by atoms with Crippen molar-refractivity contribution in [2.45, 2.75) is 13.5 Å². The van der Waals surface area contributed by atoms with E-state index in [1.54, 1.807) is 25.3 Å². The SMILES string of the molecule is Cc1nc(CNC(=O)c2ccc(N(C)C)cc2)co1. The minimum absolute atomic E-state index is 0.119. The Morgan fingerprint density at radius 3 is 2.53 bits per heavy atom. The maximum atomic E-state index is 11.9. The van der Waals surface area contributed by atoms with Gasteiger partial charge in [0, 0.05) is 32.3 Å². The molecule has 0 fully saturated rings. The molecular weight excluding hydrogens is 242 g/mol. The molecule has 2 rings (SSSR count). The molecule has 0 spiro atoms. The van der Waals surface area contributed by atoms with Gasteiger partial charge in [0.25, 0.3) is 5.91 Å². The molecule has 1 heterocycles. The van der Waals surface area contributed by atoms with Crippen LogP contribution >= 0.6 is 0 Å². The molecule has 0 aliphatic heterocycles. The summed E-state index contributed by atoms with van der Waals surface area (Å²) in [5, 5.41) is 2.80. The lowest BCUT2D eigenvalue weighted by Gasteiger charge is -2.12. The quantitative estimate of drug-likeness (QED) is 0.912. The number of carbonyl (C=O) groups is 1. The van der Waals surface area contributed by atoms with Crippen molar-refractivity contribution in [3.63, 3.8) is 0 Å². The normalized spacial score (nSPS) is 10.3. The third kappa shape index (κ3) is 3.34. The minimum atomic E-state index is -0.119. The zero-order valence-electron chi connectivity index (χ0n) is 11.3. The van der Waals surface area contributed by atoms with Gasteiger partial charge in [0.05, 0.1) is 12.2 Å². The Balaban J connectivity index is 1.96. The molecule has 5 heteroatoms. The van der Waals surface area contributed by atoms with E-state index >= 15 is 0 Å². The molecule has 19 heavy (non-hydrogen) atoms. The van der Waals surface area contributed by atoms with Crippen LogP contribution in [-0.2, 0) is 6.54 Å². The molecule has 0 atom stereocenters. The lowest BCUT2D eigenvalue weighted by atomic mass is 10.2. The number of aryl methyl sites for hydroxylation is 1. The summed E-state index contributed by atoms with van der Waals surface area (Å²) in [6.07, 6.45) is 1.55. The van der Waals surface area contributed by atoms with Crippen molar-refractivity contribution >= 4 is 11.6 Å². The van der Waals surface area contributed by atoms with Crippen LogP contribution in [0, 0.1) is 6.92 Å². The zero-order chi connectivity index (χ0) is 13.8. The zero-order valence-corrected chi connectivity index (χ0v) is 11.3. The molecule has 0 saturated heterocycles. The van der Waals surface area contributed by atoms with E-state index in [0.717, 1.165) is 11.4 Å². The van der Waals surface area contributed by atoms with Gasteiger partial charge in [0.2, 0.25) is 0 Å². The number of anilines is 1. The number of benzene rings is 1. The number of rotatable bonds is 4. The monoisotopic (exact) mass is 259 g/mol. The minimum Gasteiger partial charge on any atom is -0.449 e. The summed E-state index contributed by atoms with van der Waals surface area (Å²) in [6.45, 7) is 2.14. The summed E-state index contributed by atoms with van der Waals surface area (Å²) in [4.78, 5) is 18.0. The molecule has 0 unspecified atom stereocenters. The van der Waals surface area contributed by atoms with Crippen LogP contribution in [0.4, 0.5) is 5.69 Å². The van der Waals surface area contributed by atoms with E-state index < -0.39 is 0 Å². The average Bonchev–Trinajstić information content (AvgIpc) is 2.82. The molecule has 0 aliphatic rings. The number of oxazole rings is 1. The highest BCUT2D eigenvalue weighted by atomic mass is 16.3. The van der Waals surface area contributed by atoms with Crippen LogP contribution < -0.4 is 10.2 Å². The van der Waals surface area contributed by atoms with Gasteiger partial charge in [0.1, 0.15) is 6.26 Å². The number of nitrogens with zero attached hydrogens (tertiary/aromatic N) is 2. The molecule has 5 nitrogen and oxygen atoms in total. The fourth-order valence-corrected chi connectivity index (χ4v) is 1.67. The maximum absolute atomic E-state index is 11.9. The van der Waals surface area contributed by atoms with Gasteiger partial charge in [-0.05, 0) is 24.3 Å². The van der Waals surface area contributed by atoms with Crippen LogP contribution in [0.25, 0.3) is 0 Å². The predicted molar refractivity (Wildman–Crippen MR) is 73.2 cm³/mol. The van der Waals surface area contributed by atoms with E-state index in [1.165, 1.54) is 0 Å². The van der Waals surface area contributed by atoms with Gasteiger partial charge in [-0.3, -0.25) is 4.79 Å². The molecule has 0 radical (unpaired) electrons. The van der Waals surface area contributed by atoms with Crippen LogP contribution in [0.5, 0.6) is 0 Å². The Hall–Kier alpha value is -2.30. The van der Waals surface area contributed by atoms with E-state index in [-0.39, 0.29) is 5.91 Å². The van der Waals surface area contributed by atoms with E-state index in [4.69, 9.17) is 4.42 Å². The van der Waals surface area contributed by atoms with E-state index in [1.807, 2.05) is 31.1 Å². The highest BCUT2D eigenvalue weighted by molar-refractivity contribution is 5.94. The lowest BCUT2D eigenvalue weighted by Crippen LogP contribution is -2.23. The summed E-state index contributed by atoms with van der Waals surface area (Å²) in [7, 11) is 3.92. The summed E-state index contributed by atoms with van der Waals surface area (Å²) in [6, 6.07) is 7.43. The Bertz CT molecular complexity index is 558. The Morgan fingerprint density at radius 1 is 1.32 bits per heavy atom. The summed E-state index contributed by atoms with van der Waals surface area (Å²) < 4.78 is 5.08. The molecular formula is C14H17N3O2. The Labute approximate surface area is 112 Å². The first-order valence-corrected chi connectivity index (χ1v) is 6.03. The van der Waals surface area contributed by atoms with Crippen LogP contribution in [0.15, 0.2) is 34.9 Å². The summed E-state index contributed by atoms with van der Waals surface area (Å²) in [5.41, 5.74) is 2.41. The molecule has 0 aliphatic carbocycles. The van der Waals surface area contributed by atoms with Gasteiger partial charge in [-0.2, -0.15) is 0 Å². The van der Waals surface area contributed by atoms with E-state index in [0.29, 0.717) is 18.0 Å². The van der Waals surface area contributed by atoms with Crippen molar-refractivity contribution in [2.75, 3.05) is 19.0 Å². The lowest BCUT2D eigenvalue weighted by molar-refractivity contribution is 0.0950. The molecule has 1 amide bonds. The fraction of sp³-hybridized carbons (Fsp3) is 0.286. The first-order valence-electron chi connectivity index (χ1n) is 6.03. The number of nitrogens with one attached hydrogen (secondary N) is 1. The number of aromatic nitrogens is 1. The molecule has 100 valence electrons. The first kappa shape index (κ1) is 13.1. The Morgan fingerprint density at radius 2 is 2.00 bits per heavy atom.